The Hall–Kier alpha value is -1.64. The summed E-state index contributed by atoms with van der Waals surface area (Å²) in [5.74, 6) is -2.39. The fourth-order valence-corrected chi connectivity index (χ4v) is 1.69. The Balaban J connectivity index is 2.76. The lowest BCUT2D eigenvalue weighted by Gasteiger charge is -2.07. The van der Waals surface area contributed by atoms with Crippen LogP contribution >= 0.6 is 22.6 Å². The molecule has 2 aromatic rings. The van der Waals surface area contributed by atoms with E-state index in [0.29, 0.717) is 4.57 Å². The number of aromatic nitrogens is 2. The Morgan fingerprint density at radius 2 is 1.82 bits per heavy atom. The van der Waals surface area contributed by atoms with Gasteiger partial charge in [0.05, 0.1) is 5.69 Å². The van der Waals surface area contributed by atoms with Crippen molar-refractivity contribution in [2.24, 2.45) is 0 Å². The molecule has 0 amide bonds. The minimum atomic E-state index is -1.39. The van der Waals surface area contributed by atoms with E-state index in [4.69, 9.17) is 0 Å². The molecule has 2 rings (SSSR count). The molecule has 88 valence electrons. The summed E-state index contributed by atoms with van der Waals surface area (Å²) in [7, 11) is 0. The molecular weight excluding hydrogens is 342 g/mol. The molecule has 17 heavy (non-hydrogen) atoms. The highest BCUT2D eigenvalue weighted by atomic mass is 127. The molecule has 2 N–H and O–H groups in total. The third-order valence-corrected chi connectivity index (χ3v) is 2.84. The van der Waals surface area contributed by atoms with E-state index in [0.717, 1.165) is 3.57 Å². The van der Waals surface area contributed by atoms with E-state index >= 15 is 0 Å². The quantitative estimate of drug-likeness (QED) is 0.755. The van der Waals surface area contributed by atoms with Crippen LogP contribution in [-0.2, 0) is 0 Å². The van der Waals surface area contributed by atoms with Gasteiger partial charge in [0, 0.05) is 3.57 Å². The average Bonchev–Trinajstić information content (AvgIpc) is 2.29. The zero-order valence-electron chi connectivity index (χ0n) is 8.28. The van der Waals surface area contributed by atoms with Crippen LogP contribution < -0.4 is 11.2 Å². The number of rotatable bonds is 1. The second-order valence-corrected chi connectivity index (χ2v) is 4.45. The molecule has 5 nitrogen and oxygen atoms in total. The Morgan fingerprint density at radius 1 is 1.24 bits per heavy atom. The van der Waals surface area contributed by atoms with Gasteiger partial charge in [-0.15, -0.1) is 0 Å². The summed E-state index contributed by atoms with van der Waals surface area (Å²) in [6, 6.07) is 6.43. The Labute approximate surface area is 108 Å². The summed E-state index contributed by atoms with van der Waals surface area (Å²) in [4.78, 5) is 24.1. The van der Waals surface area contributed by atoms with Gasteiger partial charge in [-0.2, -0.15) is 4.39 Å². The molecule has 0 fully saturated rings. The number of hydrogen-bond acceptors (Lipinski definition) is 3. The van der Waals surface area contributed by atoms with E-state index < -0.39 is 22.9 Å². The topological polar surface area (TPSA) is 75.1 Å². The number of hydrogen-bond donors (Lipinski definition) is 2. The van der Waals surface area contributed by atoms with Gasteiger partial charge in [0.1, 0.15) is 0 Å². The van der Waals surface area contributed by atoms with Crippen molar-refractivity contribution in [2.45, 2.75) is 0 Å². The SMILES string of the molecule is O=c1[nH]c(=O)n(-c2ccc(I)cc2)c(O)c1F. The highest BCUT2D eigenvalue weighted by molar-refractivity contribution is 14.1. The molecule has 1 heterocycles. The average molecular weight is 348 g/mol. The maximum Gasteiger partial charge on any atom is 0.335 e. The van der Waals surface area contributed by atoms with Crippen LogP contribution in [0, 0.1) is 9.39 Å². The zero-order chi connectivity index (χ0) is 12.6. The van der Waals surface area contributed by atoms with Crippen LogP contribution in [0.3, 0.4) is 0 Å². The van der Waals surface area contributed by atoms with Crippen LogP contribution in [0.5, 0.6) is 5.88 Å². The van der Waals surface area contributed by atoms with Crippen molar-refractivity contribution in [1.82, 2.24) is 9.55 Å². The molecule has 1 aromatic heterocycles. The van der Waals surface area contributed by atoms with Crippen LogP contribution in [0.4, 0.5) is 4.39 Å². The summed E-state index contributed by atoms with van der Waals surface area (Å²) in [5, 5.41) is 9.45. The number of nitrogens with zero attached hydrogens (tertiary/aromatic N) is 1. The minimum absolute atomic E-state index is 0.267. The molecule has 0 atom stereocenters. The lowest BCUT2D eigenvalue weighted by molar-refractivity contribution is 0.386. The second-order valence-electron chi connectivity index (χ2n) is 3.21. The molecule has 0 saturated heterocycles. The minimum Gasteiger partial charge on any atom is -0.492 e. The van der Waals surface area contributed by atoms with Crippen molar-refractivity contribution in [3.8, 4) is 11.6 Å². The van der Waals surface area contributed by atoms with Crippen molar-refractivity contribution < 1.29 is 9.50 Å². The summed E-state index contributed by atoms with van der Waals surface area (Å²) in [6.45, 7) is 0. The van der Waals surface area contributed by atoms with E-state index in [1.54, 1.807) is 17.1 Å². The number of halogens is 2. The van der Waals surface area contributed by atoms with E-state index in [1.807, 2.05) is 0 Å². The van der Waals surface area contributed by atoms with Crippen molar-refractivity contribution >= 4 is 22.6 Å². The summed E-state index contributed by atoms with van der Waals surface area (Å²) >= 11 is 2.06. The molecule has 0 spiro atoms. The Kier molecular flexibility index (Phi) is 3.01. The van der Waals surface area contributed by atoms with Gasteiger partial charge < -0.3 is 5.11 Å². The largest absolute Gasteiger partial charge is 0.492 e. The van der Waals surface area contributed by atoms with Gasteiger partial charge in [0.2, 0.25) is 11.7 Å². The lowest BCUT2D eigenvalue weighted by Crippen LogP contribution is -2.30. The maximum absolute atomic E-state index is 13.2. The van der Waals surface area contributed by atoms with Crippen LogP contribution in [0.2, 0.25) is 0 Å². The fourth-order valence-electron chi connectivity index (χ4n) is 1.33. The van der Waals surface area contributed by atoms with Crippen molar-refractivity contribution in [1.29, 1.82) is 0 Å². The molecule has 0 radical (unpaired) electrons. The number of aromatic amines is 1. The van der Waals surface area contributed by atoms with Crippen LogP contribution in [0.15, 0.2) is 33.9 Å². The van der Waals surface area contributed by atoms with Gasteiger partial charge in [-0.05, 0) is 46.9 Å². The molecule has 0 bridgehead atoms. The van der Waals surface area contributed by atoms with Gasteiger partial charge >= 0.3 is 5.69 Å². The molecule has 0 aliphatic rings. The third kappa shape index (κ3) is 2.09. The summed E-state index contributed by atoms with van der Waals surface area (Å²) < 4.78 is 14.8. The maximum atomic E-state index is 13.2. The summed E-state index contributed by atoms with van der Waals surface area (Å²) in [5.41, 5.74) is -1.87. The normalized spacial score (nSPS) is 10.5. The zero-order valence-corrected chi connectivity index (χ0v) is 10.4. The molecule has 0 aliphatic carbocycles. The van der Waals surface area contributed by atoms with Crippen molar-refractivity contribution in [3.63, 3.8) is 0 Å². The third-order valence-electron chi connectivity index (χ3n) is 2.12. The second kappa shape index (κ2) is 4.32. The molecule has 0 aliphatic heterocycles. The first-order valence-corrected chi connectivity index (χ1v) is 5.58. The van der Waals surface area contributed by atoms with Gasteiger partial charge in [-0.3, -0.25) is 9.78 Å². The first-order chi connectivity index (χ1) is 8.00. The number of nitrogens with one attached hydrogen (secondary N) is 1. The summed E-state index contributed by atoms with van der Waals surface area (Å²) in [6.07, 6.45) is 0. The van der Waals surface area contributed by atoms with Gasteiger partial charge in [-0.25, -0.2) is 9.36 Å². The molecule has 0 saturated carbocycles. The van der Waals surface area contributed by atoms with Gasteiger partial charge in [0.15, 0.2) is 0 Å². The predicted molar refractivity (Wildman–Crippen MR) is 67.0 cm³/mol. The Morgan fingerprint density at radius 3 is 2.41 bits per heavy atom. The van der Waals surface area contributed by atoms with Crippen LogP contribution in [-0.4, -0.2) is 14.7 Å². The van der Waals surface area contributed by atoms with Gasteiger partial charge in [0.25, 0.3) is 5.56 Å². The monoisotopic (exact) mass is 348 g/mol. The van der Waals surface area contributed by atoms with Crippen LogP contribution in [0.25, 0.3) is 5.69 Å². The van der Waals surface area contributed by atoms with Crippen molar-refractivity contribution in [2.75, 3.05) is 0 Å². The molecule has 7 heteroatoms. The first kappa shape index (κ1) is 11.8. The van der Waals surface area contributed by atoms with Gasteiger partial charge in [-0.1, -0.05) is 0 Å². The standard InChI is InChI=1S/C10H6FIN2O3/c11-7-8(15)13-10(17)14(9(7)16)6-3-1-5(12)2-4-6/h1-4,16H,(H,13,15,17). The lowest BCUT2D eigenvalue weighted by atomic mass is 10.3. The number of aromatic hydroxyl groups is 1. The predicted octanol–water partition coefficient (Wildman–Crippen LogP) is 0.975. The van der Waals surface area contributed by atoms with E-state index in [2.05, 4.69) is 22.6 Å². The Bertz CT molecular complexity index is 675. The molecular formula is C10H6FIN2O3. The van der Waals surface area contributed by atoms with E-state index in [9.17, 15) is 19.1 Å². The van der Waals surface area contributed by atoms with E-state index in [1.165, 1.54) is 12.1 Å². The smallest absolute Gasteiger partial charge is 0.335 e. The highest BCUT2D eigenvalue weighted by Gasteiger charge is 2.14. The van der Waals surface area contributed by atoms with Crippen molar-refractivity contribution in [3.05, 3.63) is 54.5 Å². The first-order valence-electron chi connectivity index (χ1n) is 4.50. The number of benzene rings is 1. The number of H-pyrrole nitrogens is 1. The molecule has 0 unspecified atom stereocenters. The van der Waals surface area contributed by atoms with E-state index in [-0.39, 0.29) is 5.69 Å². The highest BCUT2D eigenvalue weighted by Crippen LogP contribution is 2.16. The molecule has 1 aromatic carbocycles. The fraction of sp³-hybridized carbons (Fsp3) is 0. The van der Waals surface area contributed by atoms with Crippen LogP contribution in [0.1, 0.15) is 0 Å².